The second kappa shape index (κ2) is 9.40. The Morgan fingerprint density at radius 3 is 2.39 bits per heavy atom. The third-order valence-electron chi connectivity index (χ3n) is 5.06. The van der Waals surface area contributed by atoms with Crippen molar-refractivity contribution in [3.8, 4) is 0 Å². The highest BCUT2D eigenvalue weighted by Gasteiger charge is 2.18. The van der Waals surface area contributed by atoms with Crippen LogP contribution < -0.4 is 10.6 Å². The van der Waals surface area contributed by atoms with Gasteiger partial charge >= 0.3 is 5.97 Å². The summed E-state index contributed by atoms with van der Waals surface area (Å²) >= 11 is 0. The van der Waals surface area contributed by atoms with Crippen molar-refractivity contribution in [2.75, 3.05) is 17.2 Å². The summed E-state index contributed by atoms with van der Waals surface area (Å²) in [6.45, 7) is 4.15. The first-order valence-electron chi connectivity index (χ1n) is 9.93. The molecule has 1 aliphatic rings. The normalized spacial score (nSPS) is 14.4. The van der Waals surface area contributed by atoms with Crippen LogP contribution >= 0.6 is 0 Å². The molecule has 0 aliphatic heterocycles. The van der Waals surface area contributed by atoms with Gasteiger partial charge < -0.3 is 15.4 Å². The molecule has 3 rings (SSSR count). The van der Waals surface area contributed by atoms with Crippen molar-refractivity contribution in [1.82, 2.24) is 0 Å². The second-order valence-electron chi connectivity index (χ2n) is 7.46. The Labute approximate surface area is 166 Å². The van der Waals surface area contributed by atoms with E-state index in [1.54, 1.807) is 24.3 Å². The summed E-state index contributed by atoms with van der Waals surface area (Å²) in [5.41, 5.74) is 4.34. The SMILES string of the molecule is Cc1ccc(NC(=O)CNc2ccc(C(=O)OC3CCCCC3)cc2)c(C)c1. The van der Waals surface area contributed by atoms with Gasteiger partial charge in [-0.3, -0.25) is 4.79 Å². The molecule has 1 saturated carbocycles. The molecule has 0 bridgehead atoms. The van der Waals surface area contributed by atoms with E-state index in [9.17, 15) is 9.59 Å². The van der Waals surface area contributed by atoms with E-state index in [2.05, 4.69) is 10.6 Å². The van der Waals surface area contributed by atoms with E-state index < -0.39 is 0 Å². The Balaban J connectivity index is 1.48. The zero-order valence-corrected chi connectivity index (χ0v) is 16.6. The Bertz CT molecular complexity index is 824. The minimum atomic E-state index is -0.272. The van der Waals surface area contributed by atoms with Gasteiger partial charge in [-0.15, -0.1) is 0 Å². The van der Waals surface area contributed by atoms with Crippen LogP contribution in [0.5, 0.6) is 0 Å². The monoisotopic (exact) mass is 380 g/mol. The highest BCUT2D eigenvalue weighted by atomic mass is 16.5. The number of carbonyl (C=O) groups excluding carboxylic acids is 2. The summed E-state index contributed by atoms with van der Waals surface area (Å²) in [5, 5.41) is 5.99. The van der Waals surface area contributed by atoms with Crippen LogP contribution in [-0.2, 0) is 9.53 Å². The lowest BCUT2D eigenvalue weighted by Crippen LogP contribution is -2.22. The average Bonchev–Trinajstić information content (AvgIpc) is 2.70. The van der Waals surface area contributed by atoms with E-state index in [1.165, 1.54) is 6.42 Å². The standard InChI is InChI=1S/C23H28N2O3/c1-16-8-13-21(17(2)14-16)25-22(26)15-24-19-11-9-18(10-12-19)23(27)28-20-6-4-3-5-7-20/h8-14,20,24H,3-7,15H2,1-2H3,(H,25,26). The van der Waals surface area contributed by atoms with Gasteiger partial charge in [0.25, 0.3) is 0 Å². The molecule has 0 unspecified atom stereocenters. The number of anilines is 2. The van der Waals surface area contributed by atoms with Crippen molar-refractivity contribution in [2.45, 2.75) is 52.1 Å². The first-order chi connectivity index (χ1) is 13.5. The Morgan fingerprint density at radius 2 is 1.71 bits per heavy atom. The molecule has 0 atom stereocenters. The lowest BCUT2D eigenvalue weighted by Gasteiger charge is -2.21. The molecule has 0 spiro atoms. The number of carbonyl (C=O) groups is 2. The molecule has 2 N–H and O–H groups in total. The molecular formula is C23H28N2O3. The van der Waals surface area contributed by atoms with Crippen molar-refractivity contribution in [2.24, 2.45) is 0 Å². The van der Waals surface area contributed by atoms with E-state index in [0.717, 1.165) is 48.2 Å². The van der Waals surface area contributed by atoms with Gasteiger partial charge in [-0.1, -0.05) is 24.1 Å². The number of benzene rings is 2. The maximum absolute atomic E-state index is 12.2. The highest BCUT2D eigenvalue weighted by Crippen LogP contribution is 2.22. The van der Waals surface area contributed by atoms with Crippen LogP contribution in [0.1, 0.15) is 53.6 Å². The Kier molecular flexibility index (Phi) is 6.69. The maximum Gasteiger partial charge on any atom is 0.338 e. The molecule has 0 saturated heterocycles. The molecule has 5 heteroatoms. The number of hydrogen-bond donors (Lipinski definition) is 2. The summed E-state index contributed by atoms with van der Waals surface area (Å²) in [5.74, 6) is -0.390. The van der Waals surface area contributed by atoms with E-state index in [4.69, 9.17) is 4.74 Å². The first-order valence-corrected chi connectivity index (χ1v) is 9.93. The number of rotatable bonds is 6. The Morgan fingerprint density at radius 1 is 1.00 bits per heavy atom. The maximum atomic E-state index is 12.2. The predicted molar refractivity (Wildman–Crippen MR) is 112 cm³/mol. The number of esters is 1. The number of hydrogen-bond acceptors (Lipinski definition) is 4. The molecule has 5 nitrogen and oxygen atoms in total. The molecule has 1 aliphatic carbocycles. The van der Waals surface area contributed by atoms with E-state index in [-0.39, 0.29) is 24.5 Å². The molecule has 1 amide bonds. The van der Waals surface area contributed by atoms with Crippen LogP contribution in [0.25, 0.3) is 0 Å². The van der Waals surface area contributed by atoms with Crippen LogP contribution in [0.15, 0.2) is 42.5 Å². The van der Waals surface area contributed by atoms with Crippen LogP contribution in [0.4, 0.5) is 11.4 Å². The molecule has 0 radical (unpaired) electrons. The average molecular weight is 380 g/mol. The van der Waals surface area contributed by atoms with Gasteiger partial charge in [-0.2, -0.15) is 0 Å². The van der Waals surface area contributed by atoms with Gasteiger partial charge in [-0.25, -0.2) is 4.79 Å². The Hall–Kier alpha value is -2.82. The van der Waals surface area contributed by atoms with Gasteiger partial charge in [0.05, 0.1) is 12.1 Å². The summed E-state index contributed by atoms with van der Waals surface area (Å²) < 4.78 is 5.58. The van der Waals surface area contributed by atoms with Crippen molar-refractivity contribution in [3.63, 3.8) is 0 Å². The molecule has 148 valence electrons. The first kappa shape index (κ1) is 19.9. The van der Waals surface area contributed by atoms with Crippen LogP contribution in [0, 0.1) is 13.8 Å². The van der Waals surface area contributed by atoms with Crippen molar-refractivity contribution in [3.05, 3.63) is 59.2 Å². The van der Waals surface area contributed by atoms with Crippen molar-refractivity contribution in [1.29, 1.82) is 0 Å². The summed E-state index contributed by atoms with van der Waals surface area (Å²) in [4.78, 5) is 24.4. The molecular weight excluding hydrogens is 352 g/mol. The predicted octanol–water partition coefficient (Wildman–Crippen LogP) is 4.84. The van der Waals surface area contributed by atoms with E-state index in [1.807, 2.05) is 32.0 Å². The number of ether oxygens (including phenoxy) is 1. The van der Waals surface area contributed by atoms with Crippen LogP contribution in [0.3, 0.4) is 0 Å². The van der Waals surface area contributed by atoms with Gasteiger partial charge in [0.1, 0.15) is 6.10 Å². The smallest absolute Gasteiger partial charge is 0.338 e. The molecule has 2 aromatic rings. The summed E-state index contributed by atoms with van der Waals surface area (Å²) in [7, 11) is 0. The van der Waals surface area contributed by atoms with Gasteiger partial charge in [-0.05, 0) is 75.4 Å². The fourth-order valence-corrected chi connectivity index (χ4v) is 3.46. The van der Waals surface area contributed by atoms with Crippen LogP contribution in [0.2, 0.25) is 0 Å². The fraction of sp³-hybridized carbons (Fsp3) is 0.391. The number of amides is 1. The minimum absolute atomic E-state index is 0.0491. The molecule has 28 heavy (non-hydrogen) atoms. The number of nitrogens with one attached hydrogen (secondary N) is 2. The minimum Gasteiger partial charge on any atom is -0.459 e. The molecule has 0 aromatic heterocycles. The lowest BCUT2D eigenvalue weighted by atomic mass is 9.98. The topological polar surface area (TPSA) is 67.4 Å². The van der Waals surface area contributed by atoms with Gasteiger partial charge in [0, 0.05) is 11.4 Å². The fourth-order valence-electron chi connectivity index (χ4n) is 3.46. The summed E-state index contributed by atoms with van der Waals surface area (Å²) in [6, 6.07) is 13.0. The van der Waals surface area contributed by atoms with Gasteiger partial charge in [0.2, 0.25) is 5.91 Å². The zero-order chi connectivity index (χ0) is 19.9. The van der Waals surface area contributed by atoms with Crippen molar-refractivity contribution < 1.29 is 14.3 Å². The van der Waals surface area contributed by atoms with Crippen LogP contribution in [-0.4, -0.2) is 24.5 Å². The third-order valence-corrected chi connectivity index (χ3v) is 5.06. The lowest BCUT2D eigenvalue weighted by molar-refractivity contribution is -0.114. The summed E-state index contributed by atoms with van der Waals surface area (Å²) in [6.07, 6.45) is 5.46. The van der Waals surface area contributed by atoms with E-state index in [0.29, 0.717) is 5.56 Å². The quantitative estimate of drug-likeness (QED) is 0.704. The molecule has 2 aromatic carbocycles. The number of aryl methyl sites for hydroxylation is 2. The molecule has 0 heterocycles. The van der Waals surface area contributed by atoms with E-state index >= 15 is 0 Å². The van der Waals surface area contributed by atoms with Crippen molar-refractivity contribution >= 4 is 23.3 Å². The largest absolute Gasteiger partial charge is 0.459 e. The third kappa shape index (κ3) is 5.59. The molecule has 1 fully saturated rings. The van der Waals surface area contributed by atoms with Gasteiger partial charge in [0.15, 0.2) is 0 Å². The zero-order valence-electron chi connectivity index (χ0n) is 16.6. The highest BCUT2D eigenvalue weighted by molar-refractivity contribution is 5.94. The second-order valence-corrected chi connectivity index (χ2v) is 7.46.